The maximum atomic E-state index is 12.1. The largest absolute Gasteiger partial charge is 0.333 e. The van der Waals surface area contributed by atoms with E-state index in [9.17, 15) is 4.79 Å². The van der Waals surface area contributed by atoms with Gasteiger partial charge in [0.2, 0.25) is 0 Å². The van der Waals surface area contributed by atoms with E-state index in [0.29, 0.717) is 0 Å². The van der Waals surface area contributed by atoms with Gasteiger partial charge >= 0.3 is 0 Å². The average Bonchev–Trinajstić information content (AvgIpc) is 2.71. The number of hydrogen-bond acceptors (Lipinski definition) is 2. The van der Waals surface area contributed by atoms with E-state index in [-0.39, 0.29) is 11.4 Å². The van der Waals surface area contributed by atoms with Crippen molar-refractivity contribution in [1.82, 2.24) is 4.90 Å². The van der Waals surface area contributed by atoms with Gasteiger partial charge in [-0.1, -0.05) is 6.07 Å². The predicted molar refractivity (Wildman–Crippen MR) is 58.7 cm³/mol. The van der Waals surface area contributed by atoms with Crippen LogP contribution in [0, 0.1) is 0 Å². The van der Waals surface area contributed by atoms with Crippen LogP contribution in [0.4, 0.5) is 0 Å². The van der Waals surface area contributed by atoms with Crippen LogP contribution < -0.4 is 0 Å². The molecule has 76 valence electrons. The molecule has 0 aliphatic carbocycles. The fraction of sp³-hybridized carbons (Fsp3) is 0.545. The van der Waals surface area contributed by atoms with E-state index in [0.717, 1.165) is 24.3 Å². The maximum Gasteiger partial charge on any atom is 0.264 e. The van der Waals surface area contributed by atoms with Gasteiger partial charge < -0.3 is 4.90 Å². The number of amides is 1. The van der Waals surface area contributed by atoms with Gasteiger partial charge in [-0.3, -0.25) is 4.79 Å². The second kappa shape index (κ2) is 3.39. The van der Waals surface area contributed by atoms with Crippen LogP contribution in [0.1, 0.15) is 36.4 Å². The molecule has 0 spiro atoms. The molecule has 14 heavy (non-hydrogen) atoms. The van der Waals surface area contributed by atoms with Gasteiger partial charge in [0, 0.05) is 12.1 Å². The zero-order valence-electron chi connectivity index (χ0n) is 8.62. The van der Waals surface area contributed by atoms with Crippen molar-refractivity contribution in [2.75, 3.05) is 6.54 Å². The van der Waals surface area contributed by atoms with Crippen LogP contribution in [-0.2, 0) is 0 Å². The van der Waals surface area contributed by atoms with Gasteiger partial charge in [-0.25, -0.2) is 0 Å². The molecule has 2 nitrogen and oxygen atoms in total. The summed E-state index contributed by atoms with van der Waals surface area (Å²) < 4.78 is 0. The van der Waals surface area contributed by atoms with Crippen molar-refractivity contribution in [2.45, 2.75) is 32.2 Å². The summed E-state index contributed by atoms with van der Waals surface area (Å²) in [5, 5.41) is 1.95. The first-order valence-corrected chi connectivity index (χ1v) is 5.85. The van der Waals surface area contributed by atoms with Crippen LogP contribution >= 0.6 is 11.3 Å². The Labute approximate surface area is 88.5 Å². The van der Waals surface area contributed by atoms with E-state index >= 15 is 0 Å². The summed E-state index contributed by atoms with van der Waals surface area (Å²) in [5.41, 5.74) is 0.0427. The fourth-order valence-electron chi connectivity index (χ4n) is 2.02. The zero-order chi connectivity index (χ0) is 10.2. The average molecular weight is 209 g/mol. The first kappa shape index (κ1) is 9.71. The van der Waals surface area contributed by atoms with E-state index in [1.54, 1.807) is 0 Å². The lowest BCUT2D eigenvalue weighted by molar-refractivity contribution is 0.0657. The van der Waals surface area contributed by atoms with Crippen molar-refractivity contribution >= 4 is 17.2 Å². The molecular formula is C11H15NOS. The first-order chi connectivity index (χ1) is 6.61. The Balaban J connectivity index is 2.20. The Morgan fingerprint density at radius 1 is 1.57 bits per heavy atom. The Bertz CT molecular complexity index is 329. The van der Waals surface area contributed by atoms with Crippen molar-refractivity contribution in [2.24, 2.45) is 0 Å². The van der Waals surface area contributed by atoms with Gasteiger partial charge in [-0.15, -0.1) is 11.3 Å². The number of carbonyl (C=O) groups excluding carboxylic acids is 1. The summed E-state index contributed by atoms with van der Waals surface area (Å²) in [6.45, 7) is 5.20. The molecule has 0 bridgehead atoms. The molecule has 3 heteroatoms. The summed E-state index contributed by atoms with van der Waals surface area (Å²) >= 11 is 1.53. The normalized spacial score (nSPS) is 20.0. The Morgan fingerprint density at radius 2 is 2.36 bits per heavy atom. The summed E-state index contributed by atoms with van der Waals surface area (Å²) in [4.78, 5) is 14.9. The Morgan fingerprint density at radius 3 is 2.86 bits per heavy atom. The predicted octanol–water partition coefficient (Wildman–Crippen LogP) is 2.76. The number of carbonyl (C=O) groups is 1. The van der Waals surface area contributed by atoms with Crippen LogP contribution in [0.25, 0.3) is 0 Å². The number of likely N-dealkylation sites (tertiary alicyclic amines) is 1. The third kappa shape index (κ3) is 1.57. The molecule has 1 saturated heterocycles. The molecule has 0 unspecified atom stereocenters. The minimum atomic E-state index is 0.0427. The highest BCUT2D eigenvalue weighted by atomic mass is 32.1. The zero-order valence-corrected chi connectivity index (χ0v) is 9.43. The van der Waals surface area contributed by atoms with Gasteiger partial charge in [-0.2, -0.15) is 0 Å². The van der Waals surface area contributed by atoms with E-state index in [4.69, 9.17) is 0 Å². The van der Waals surface area contributed by atoms with Crippen LogP contribution in [0.15, 0.2) is 17.5 Å². The molecule has 0 aromatic carbocycles. The molecule has 1 amide bonds. The monoisotopic (exact) mass is 209 g/mol. The molecule has 0 radical (unpaired) electrons. The van der Waals surface area contributed by atoms with Crippen LogP contribution in [0.2, 0.25) is 0 Å². The second-order valence-corrected chi connectivity index (χ2v) is 5.30. The summed E-state index contributed by atoms with van der Waals surface area (Å²) in [6.07, 6.45) is 2.24. The van der Waals surface area contributed by atoms with Gasteiger partial charge in [-0.05, 0) is 38.1 Å². The standard InChI is InChI=1S/C11H15NOS/c1-11(2)6-4-7-12(11)10(13)9-5-3-8-14-9/h3,5,8H,4,6-7H2,1-2H3. The highest BCUT2D eigenvalue weighted by molar-refractivity contribution is 7.12. The molecule has 0 saturated carbocycles. The van der Waals surface area contributed by atoms with Crippen LogP contribution in [0.3, 0.4) is 0 Å². The van der Waals surface area contributed by atoms with Gasteiger partial charge in [0.15, 0.2) is 0 Å². The van der Waals surface area contributed by atoms with Gasteiger partial charge in [0.1, 0.15) is 0 Å². The van der Waals surface area contributed by atoms with Gasteiger partial charge in [0.05, 0.1) is 4.88 Å². The highest BCUT2D eigenvalue weighted by Crippen LogP contribution is 2.30. The molecule has 0 N–H and O–H groups in total. The molecule has 1 aliphatic rings. The lowest BCUT2D eigenvalue weighted by Crippen LogP contribution is -2.42. The lowest BCUT2D eigenvalue weighted by atomic mass is 10.0. The molecule has 1 fully saturated rings. The van der Waals surface area contributed by atoms with Crippen LogP contribution in [-0.4, -0.2) is 22.9 Å². The molecule has 2 rings (SSSR count). The third-order valence-corrected chi connectivity index (χ3v) is 3.74. The quantitative estimate of drug-likeness (QED) is 0.696. The fourth-order valence-corrected chi connectivity index (χ4v) is 2.69. The van der Waals surface area contributed by atoms with Crippen molar-refractivity contribution in [3.63, 3.8) is 0 Å². The smallest absolute Gasteiger partial charge is 0.264 e. The van der Waals surface area contributed by atoms with E-state index in [1.807, 2.05) is 22.4 Å². The first-order valence-electron chi connectivity index (χ1n) is 4.97. The van der Waals surface area contributed by atoms with Crippen molar-refractivity contribution in [3.05, 3.63) is 22.4 Å². The van der Waals surface area contributed by atoms with E-state index in [2.05, 4.69) is 13.8 Å². The van der Waals surface area contributed by atoms with Crippen molar-refractivity contribution < 1.29 is 4.79 Å². The van der Waals surface area contributed by atoms with Crippen molar-refractivity contribution in [1.29, 1.82) is 0 Å². The number of nitrogens with zero attached hydrogens (tertiary/aromatic N) is 1. The molecule has 1 aromatic rings. The van der Waals surface area contributed by atoms with Crippen molar-refractivity contribution in [3.8, 4) is 0 Å². The SMILES string of the molecule is CC1(C)CCCN1C(=O)c1cccs1. The molecule has 2 heterocycles. The minimum absolute atomic E-state index is 0.0427. The molecule has 0 atom stereocenters. The number of hydrogen-bond donors (Lipinski definition) is 0. The Kier molecular flexibility index (Phi) is 2.35. The summed E-state index contributed by atoms with van der Waals surface area (Å²) in [7, 11) is 0. The molecular weight excluding hydrogens is 194 g/mol. The molecule has 1 aliphatic heterocycles. The van der Waals surface area contributed by atoms with E-state index in [1.165, 1.54) is 11.3 Å². The minimum Gasteiger partial charge on any atom is -0.333 e. The maximum absolute atomic E-state index is 12.1. The second-order valence-electron chi connectivity index (χ2n) is 4.35. The van der Waals surface area contributed by atoms with Crippen LogP contribution in [0.5, 0.6) is 0 Å². The third-order valence-electron chi connectivity index (χ3n) is 2.88. The number of rotatable bonds is 1. The lowest BCUT2D eigenvalue weighted by Gasteiger charge is -2.31. The molecule has 1 aromatic heterocycles. The summed E-state index contributed by atoms with van der Waals surface area (Å²) in [6, 6.07) is 3.84. The highest BCUT2D eigenvalue weighted by Gasteiger charge is 2.35. The summed E-state index contributed by atoms with van der Waals surface area (Å²) in [5.74, 6) is 0.197. The number of thiophene rings is 1. The Hall–Kier alpha value is -0.830. The van der Waals surface area contributed by atoms with E-state index < -0.39 is 0 Å². The topological polar surface area (TPSA) is 20.3 Å². The van der Waals surface area contributed by atoms with Gasteiger partial charge in [0.25, 0.3) is 5.91 Å².